The highest BCUT2D eigenvalue weighted by Crippen LogP contribution is 2.13. The molecule has 2 aromatic rings. The van der Waals surface area contributed by atoms with Crippen molar-refractivity contribution in [1.82, 2.24) is 15.5 Å². The normalized spacial score (nSPS) is 12.6. The zero-order valence-electron chi connectivity index (χ0n) is 10.7. The molecule has 0 aliphatic rings. The average Bonchev–Trinajstić information content (AvgIpc) is 2.81. The summed E-state index contributed by atoms with van der Waals surface area (Å²) in [4.78, 5) is 23.1. The third kappa shape index (κ3) is 2.73. The number of fused-ring (bicyclic) bond motifs is 1. The maximum Gasteiger partial charge on any atom is 0.326 e. The van der Waals surface area contributed by atoms with Crippen LogP contribution >= 0.6 is 0 Å². The van der Waals surface area contributed by atoms with Crippen LogP contribution in [0.4, 0.5) is 0 Å². The van der Waals surface area contributed by atoms with Crippen LogP contribution in [0, 0.1) is 5.92 Å². The number of benzene rings is 1. The number of nitrogens with zero attached hydrogens (tertiary/aromatic N) is 1. The molecule has 1 aromatic heterocycles. The second kappa shape index (κ2) is 5.09. The Hall–Kier alpha value is -2.37. The fraction of sp³-hybridized carbons (Fsp3) is 0.308. The van der Waals surface area contributed by atoms with Crippen molar-refractivity contribution in [2.75, 3.05) is 0 Å². The highest BCUT2D eigenvalue weighted by atomic mass is 16.4. The summed E-state index contributed by atoms with van der Waals surface area (Å²) in [6.07, 6.45) is 1.66. The van der Waals surface area contributed by atoms with E-state index in [4.69, 9.17) is 5.11 Å². The zero-order chi connectivity index (χ0) is 14.0. The summed E-state index contributed by atoms with van der Waals surface area (Å²) < 4.78 is 0. The lowest BCUT2D eigenvalue weighted by Gasteiger charge is -2.17. The Bertz CT molecular complexity index is 618. The van der Waals surface area contributed by atoms with Gasteiger partial charge in [0.15, 0.2) is 0 Å². The van der Waals surface area contributed by atoms with Crippen LogP contribution in [-0.4, -0.2) is 33.2 Å². The largest absolute Gasteiger partial charge is 0.480 e. The van der Waals surface area contributed by atoms with Crippen molar-refractivity contribution in [1.29, 1.82) is 0 Å². The molecule has 1 heterocycles. The highest BCUT2D eigenvalue weighted by Gasteiger charge is 2.23. The molecule has 3 N–H and O–H groups in total. The number of carbonyl (C=O) groups excluding carboxylic acids is 1. The van der Waals surface area contributed by atoms with E-state index in [9.17, 15) is 9.59 Å². The summed E-state index contributed by atoms with van der Waals surface area (Å²) in [5, 5.41) is 19.1. The number of hydrogen-bond acceptors (Lipinski definition) is 3. The summed E-state index contributed by atoms with van der Waals surface area (Å²) >= 11 is 0. The molecular formula is C13H15N3O3. The highest BCUT2D eigenvalue weighted by molar-refractivity contribution is 5.99. The number of hydrogen-bond donors (Lipinski definition) is 3. The van der Waals surface area contributed by atoms with Crippen molar-refractivity contribution in [2.24, 2.45) is 5.92 Å². The van der Waals surface area contributed by atoms with Crippen LogP contribution in [0.3, 0.4) is 0 Å². The first-order valence-electron chi connectivity index (χ1n) is 5.96. The Labute approximate surface area is 109 Å². The Morgan fingerprint density at radius 1 is 1.37 bits per heavy atom. The first kappa shape index (κ1) is 13.1. The maximum absolute atomic E-state index is 12.0. The zero-order valence-corrected chi connectivity index (χ0v) is 10.7. The van der Waals surface area contributed by atoms with E-state index in [-0.39, 0.29) is 5.92 Å². The smallest absolute Gasteiger partial charge is 0.326 e. The van der Waals surface area contributed by atoms with Gasteiger partial charge in [-0.3, -0.25) is 9.89 Å². The molecule has 0 radical (unpaired) electrons. The van der Waals surface area contributed by atoms with Crippen LogP contribution in [0.15, 0.2) is 24.4 Å². The van der Waals surface area contributed by atoms with Gasteiger partial charge in [-0.25, -0.2) is 4.79 Å². The second-order valence-corrected chi connectivity index (χ2v) is 4.71. The summed E-state index contributed by atoms with van der Waals surface area (Å²) in [7, 11) is 0. The lowest BCUT2D eigenvalue weighted by molar-refractivity contribution is -0.140. The van der Waals surface area contributed by atoms with E-state index in [0.29, 0.717) is 5.56 Å². The predicted molar refractivity (Wildman–Crippen MR) is 69.8 cm³/mol. The van der Waals surface area contributed by atoms with E-state index >= 15 is 0 Å². The third-order valence-electron chi connectivity index (χ3n) is 2.92. The van der Waals surface area contributed by atoms with Crippen LogP contribution in [0.5, 0.6) is 0 Å². The van der Waals surface area contributed by atoms with Gasteiger partial charge in [0, 0.05) is 10.9 Å². The Balaban J connectivity index is 2.21. The summed E-state index contributed by atoms with van der Waals surface area (Å²) in [6.45, 7) is 3.49. The maximum atomic E-state index is 12.0. The van der Waals surface area contributed by atoms with Gasteiger partial charge < -0.3 is 10.4 Å². The van der Waals surface area contributed by atoms with Gasteiger partial charge in [0.25, 0.3) is 5.91 Å². The molecule has 6 nitrogen and oxygen atoms in total. The van der Waals surface area contributed by atoms with Gasteiger partial charge in [-0.1, -0.05) is 19.9 Å². The lowest BCUT2D eigenvalue weighted by atomic mass is 10.0. The Morgan fingerprint density at radius 3 is 2.74 bits per heavy atom. The van der Waals surface area contributed by atoms with Gasteiger partial charge in [0.1, 0.15) is 6.04 Å². The Morgan fingerprint density at radius 2 is 2.11 bits per heavy atom. The molecule has 1 aromatic carbocycles. The van der Waals surface area contributed by atoms with E-state index in [1.807, 2.05) is 0 Å². The molecule has 1 atom stereocenters. The van der Waals surface area contributed by atoms with Crippen LogP contribution < -0.4 is 5.32 Å². The standard InChI is InChI=1S/C13H15N3O3/c1-7(2)11(13(18)19)15-12(17)8-3-4-9-6-14-16-10(9)5-8/h3-7,11H,1-2H3,(H,14,16)(H,15,17)(H,18,19)/t11-/m0/s1. The number of amides is 1. The molecule has 1 amide bonds. The van der Waals surface area contributed by atoms with E-state index in [2.05, 4.69) is 15.5 Å². The number of rotatable bonds is 4. The average molecular weight is 261 g/mol. The van der Waals surface area contributed by atoms with Crippen molar-refractivity contribution in [3.63, 3.8) is 0 Å². The summed E-state index contributed by atoms with van der Waals surface area (Å²) in [5.41, 5.74) is 1.15. The van der Waals surface area contributed by atoms with Crippen molar-refractivity contribution in [2.45, 2.75) is 19.9 Å². The van der Waals surface area contributed by atoms with Gasteiger partial charge in [0.2, 0.25) is 0 Å². The third-order valence-corrected chi connectivity index (χ3v) is 2.92. The number of nitrogens with one attached hydrogen (secondary N) is 2. The fourth-order valence-corrected chi connectivity index (χ4v) is 1.82. The van der Waals surface area contributed by atoms with Crippen LogP contribution in [-0.2, 0) is 4.79 Å². The van der Waals surface area contributed by atoms with Gasteiger partial charge in [0.05, 0.1) is 11.7 Å². The molecule has 0 unspecified atom stereocenters. The fourth-order valence-electron chi connectivity index (χ4n) is 1.82. The van der Waals surface area contributed by atoms with Crippen molar-refractivity contribution < 1.29 is 14.7 Å². The van der Waals surface area contributed by atoms with E-state index in [1.54, 1.807) is 38.2 Å². The van der Waals surface area contributed by atoms with Crippen LogP contribution in [0.2, 0.25) is 0 Å². The molecule has 2 rings (SSSR count). The molecule has 0 spiro atoms. The first-order valence-corrected chi connectivity index (χ1v) is 5.96. The molecular weight excluding hydrogens is 246 g/mol. The first-order chi connectivity index (χ1) is 8.99. The molecule has 0 saturated heterocycles. The molecule has 0 fully saturated rings. The minimum atomic E-state index is -1.04. The molecule has 0 saturated carbocycles. The number of carboxylic acids is 1. The van der Waals surface area contributed by atoms with E-state index < -0.39 is 17.9 Å². The molecule has 6 heteroatoms. The Kier molecular flexibility index (Phi) is 3.50. The quantitative estimate of drug-likeness (QED) is 0.775. The van der Waals surface area contributed by atoms with Crippen LogP contribution in [0.25, 0.3) is 10.9 Å². The van der Waals surface area contributed by atoms with Crippen molar-refractivity contribution in [3.8, 4) is 0 Å². The SMILES string of the molecule is CC(C)[C@H](NC(=O)c1ccc2cn[nH]c2c1)C(=O)O. The minimum absolute atomic E-state index is 0.183. The number of carboxylic acid groups (broad SMARTS) is 1. The number of aromatic amines is 1. The van der Waals surface area contributed by atoms with Gasteiger partial charge in [-0.2, -0.15) is 5.10 Å². The van der Waals surface area contributed by atoms with Gasteiger partial charge in [-0.15, -0.1) is 0 Å². The molecule has 0 bridgehead atoms. The van der Waals surface area contributed by atoms with Crippen molar-refractivity contribution >= 4 is 22.8 Å². The molecule has 0 aliphatic carbocycles. The topological polar surface area (TPSA) is 95.1 Å². The summed E-state index contributed by atoms with van der Waals surface area (Å²) in [6, 6.07) is 4.16. The molecule has 19 heavy (non-hydrogen) atoms. The van der Waals surface area contributed by atoms with Crippen molar-refractivity contribution in [3.05, 3.63) is 30.0 Å². The number of H-pyrrole nitrogens is 1. The lowest BCUT2D eigenvalue weighted by Crippen LogP contribution is -2.44. The minimum Gasteiger partial charge on any atom is -0.480 e. The van der Waals surface area contributed by atoms with E-state index in [0.717, 1.165) is 10.9 Å². The van der Waals surface area contributed by atoms with Crippen LogP contribution in [0.1, 0.15) is 24.2 Å². The molecule has 0 aliphatic heterocycles. The second-order valence-electron chi connectivity index (χ2n) is 4.71. The number of aliphatic carboxylic acids is 1. The number of carbonyl (C=O) groups is 2. The summed E-state index contributed by atoms with van der Waals surface area (Å²) in [5.74, 6) is -1.62. The van der Waals surface area contributed by atoms with Gasteiger partial charge in [-0.05, 0) is 18.1 Å². The van der Waals surface area contributed by atoms with Gasteiger partial charge >= 0.3 is 5.97 Å². The monoisotopic (exact) mass is 261 g/mol. The molecule has 100 valence electrons. The van der Waals surface area contributed by atoms with E-state index in [1.165, 1.54) is 0 Å². The predicted octanol–water partition coefficient (Wildman–Crippen LogP) is 1.40. The number of aromatic nitrogens is 2.